The zero-order chi connectivity index (χ0) is 13.3. The molecule has 18 heavy (non-hydrogen) atoms. The summed E-state index contributed by atoms with van der Waals surface area (Å²) < 4.78 is 1.96. The molecule has 0 amide bonds. The van der Waals surface area contributed by atoms with Crippen LogP contribution in [-0.2, 0) is 7.05 Å². The average Bonchev–Trinajstić information content (AvgIpc) is 2.56. The molecule has 0 aliphatic carbocycles. The molecule has 1 aromatic rings. The van der Waals surface area contributed by atoms with Crippen LogP contribution >= 0.6 is 0 Å². The number of anilines is 1. The lowest BCUT2D eigenvalue weighted by Crippen LogP contribution is -2.40. The molecule has 2 rings (SSSR count). The molecule has 2 unspecified atom stereocenters. The lowest BCUT2D eigenvalue weighted by Gasteiger charge is -2.34. The summed E-state index contributed by atoms with van der Waals surface area (Å²) >= 11 is 0. The normalized spacial score (nSPS) is 23.1. The molecule has 1 fully saturated rings. The van der Waals surface area contributed by atoms with Crippen molar-refractivity contribution in [3.8, 4) is 0 Å². The number of likely N-dealkylation sites (tertiary alicyclic amines) is 1. The number of nitrogens with one attached hydrogen (secondary N) is 1. The van der Waals surface area contributed by atoms with E-state index in [2.05, 4.69) is 43.1 Å². The summed E-state index contributed by atoms with van der Waals surface area (Å²) in [6.07, 6.45) is 2.65. The Hall–Kier alpha value is -1.03. The molecule has 2 heterocycles. The molecule has 0 saturated carbocycles. The summed E-state index contributed by atoms with van der Waals surface area (Å²) in [6.45, 7) is 8.95. The second-order valence-corrected chi connectivity index (χ2v) is 5.77. The molecule has 1 saturated heterocycles. The van der Waals surface area contributed by atoms with Crippen LogP contribution in [0.4, 0.5) is 5.69 Å². The van der Waals surface area contributed by atoms with Crippen molar-refractivity contribution in [2.75, 3.05) is 25.5 Å². The van der Waals surface area contributed by atoms with E-state index in [9.17, 15) is 0 Å². The van der Waals surface area contributed by atoms with Gasteiger partial charge in [-0.2, -0.15) is 5.10 Å². The van der Waals surface area contributed by atoms with Crippen LogP contribution < -0.4 is 5.32 Å². The Bertz CT molecular complexity index is 410. The van der Waals surface area contributed by atoms with Crippen LogP contribution in [0.25, 0.3) is 0 Å². The monoisotopic (exact) mass is 250 g/mol. The maximum atomic E-state index is 4.47. The van der Waals surface area contributed by atoms with Crippen molar-refractivity contribution in [2.24, 2.45) is 13.0 Å². The Labute approximate surface area is 110 Å². The summed E-state index contributed by atoms with van der Waals surface area (Å²) in [4.78, 5) is 2.44. The first kappa shape index (κ1) is 13.4. The van der Waals surface area contributed by atoms with E-state index >= 15 is 0 Å². The van der Waals surface area contributed by atoms with Crippen LogP contribution in [0, 0.1) is 19.8 Å². The minimum Gasteiger partial charge on any atom is -0.379 e. The minimum atomic E-state index is 0.509. The SMILES string of the molecule is Cc1nn(C)c(C)c1NC(C)C1CCCN(C)C1. The zero-order valence-corrected chi connectivity index (χ0v) is 12.3. The summed E-state index contributed by atoms with van der Waals surface area (Å²) in [7, 11) is 4.23. The number of hydrogen-bond donors (Lipinski definition) is 1. The van der Waals surface area contributed by atoms with Gasteiger partial charge in [-0.25, -0.2) is 0 Å². The fraction of sp³-hybridized carbons (Fsp3) is 0.786. The van der Waals surface area contributed by atoms with Crippen molar-refractivity contribution in [1.29, 1.82) is 0 Å². The quantitative estimate of drug-likeness (QED) is 0.892. The van der Waals surface area contributed by atoms with Crippen LogP contribution in [0.3, 0.4) is 0 Å². The van der Waals surface area contributed by atoms with Crippen molar-refractivity contribution in [3.63, 3.8) is 0 Å². The number of rotatable bonds is 3. The maximum absolute atomic E-state index is 4.47. The first-order valence-corrected chi connectivity index (χ1v) is 6.94. The van der Waals surface area contributed by atoms with Crippen LogP contribution in [0.15, 0.2) is 0 Å². The maximum Gasteiger partial charge on any atom is 0.0827 e. The molecule has 0 aromatic carbocycles. The fourth-order valence-corrected chi connectivity index (χ4v) is 2.94. The van der Waals surface area contributed by atoms with Crippen molar-refractivity contribution < 1.29 is 0 Å². The molecule has 0 radical (unpaired) electrons. The summed E-state index contributed by atoms with van der Waals surface area (Å²) in [5.41, 5.74) is 3.55. The van der Waals surface area contributed by atoms with Gasteiger partial charge in [-0.3, -0.25) is 4.68 Å². The third kappa shape index (κ3) is 2.69. The van der Waals surface area contributed by atoms with Gasteiger partial charge in [0.25, 0.3) is 0 Å². The van der Waals surface area contributed by atoms with Gasteiger partial charge in [0.15, 0.2) is 0 Å². The number of aryl methyl sites for hydroxylation is 2. The highest BCUT2D eigenvalue weighted by molar-refractivity contribution is 5.52. The first-order chi connectivity index (χ1) is 8.49. The van der Waals surface area contributed by atoms with Gasteiger partial charge in [0.2, 0.25) is 0 Å². The number of aromatic nitrogens is 2. The van der Waals surface area contributed by atoms with Crippen LogP contribution in [0.1, 0.15) is 31.2 Å². The molecule has 1 aliphatic heterocycles. The van der Waals surface area contributed by atoms with E-state index in [0.717, 1.165) is 11.6 Å². The van der Waals surface area contributed by atoms with Crippen LogP contribution in [0.5, 0.6) is 0 Å². The summed E-state index contributed by atoms with van der Waals surface area (Å²) in [6, 6.07) is 0.509. The van der Waals surface area contributed by atoms with Crippen LogP contribution in [-0.4, -0.2) is 40.9 Å². The van der Waals surface area contributed by atoms with E-state index in [1.165, 1.54) is 37.3 Å². The first-order valence-electron chi connectivity index (χ1n) is 6.94. The van der Waals surface area contributed by atoms with Crippen molar-refractivity contribution in [1.82, 2.24) is 14.7 Å². The second-order valence-electron chi connectivity index (χ2n) is 5.77. The van der Waals surface area contributed by atoms with Gasteiger partial charge in [0, 0.05) is 19.6 Å². The van der Waals surface area contributed by atoms with Crippen molar-refractivity contribution >= 4 is 5.69 Å². The van der Waals surface area contributed by atoms with Gasteiger partial charge in [-0.05, 0) is 53.1 Å². The van der Waals surface area contributed by atoms with Gasteiger partial charge in [-0.15, -0.1) is 0 Å². The Morgan fingerprint density at radius 1 is 1.33 bits per heavy atom. The molecule has 0 spiro atoms. The highest BCUT2D eigenvalue weighted by atomic mass is 15.3. The number of piperidine rings is 1. The predicted octanol–water partition coefficient (Wildman–Crippen LogP) is 2.18. The van der Waals surface area contributed by atoms with Gasteiger partial charge < -0.3 is 10.2 Å². The van der Waals surface area contributed by atoms with E-state index in [1.807, 2.05) is 11.7 Å². The van der Waals surface area contributed by atoms with E-state index in [4.69, 9.17) is 0 Å². The molecule has 1 aromatic heterocycles. The Kier molecular flexibility index (Phi) is 3.95. The topological polar surface area (TPSA) is 33.1 Å². The van der Waals surface area contributed by atoms with Gasteiger partial charge in [0.05, 0.1) is 17.1 Å². The number of hydrogen-bond acceptors (Lipinski definition) is 3. The molecule has 2 atom stereocenters. The van der Waals surface area contributed by atoms with Gasteiger partial charge >= 0.3 is 0 Å². The Morgan fingerprint density at radius 3 is 2.61 bits per heavy atom. The van der Waals surface area contributed by atoms with Crippen molar-refractivity contribution in [3.05, 3.63) is 11.4 Å². The predicted molar refractivity (Wildman–Crippen MR) is 76.0 cm³/mol. The number of nitrogens with zero attached hydrogens (tertiary/aromatic N) is 3. The van der Waals surface area contributed by atoms with E-state index < -0.39 is 0 Å². The summed E-state index contributed by atoms with van der Waals surface area (Å²) in [5.74, 6) is 0.739. The van der Waals surface area contributed by atoms with Crippen molar-refractivity contribution in [2.45, 2.75) is 39.7 Å². The molecule has 102 valence electrons. The minimum absolute atomic E-state index is 0.509. The van der Waals surface area contributed by atoms with Gasteiger partial charge in [-0.1, -0.05) is 0 Å². The molecule has 1 N–H and O–H groups in total. The van der Waals surface area contributed by atoms with Crippen LogP contribution in [0.2, 0.25) is 0 Å². The van der Waals surface area contributed by atoms with E-state index in [-0.39, 0.29) is 0 Å². The second kappa shape index (κ2) is 5.31. The lowest BCUT2D eigenvalue weighted by molar-refractivity contribution is 0.197. The highest BCUT2D eigenvalue weighted by Crippen LogP contribution is 2.25. The standard InChI is InChI=1S/C14H26N4/c1-10(13-7-6-8-17(4)9-13)15-14-11(2)16-18(5)12(14)3/h10,13,15H,6-9H2,1-5H3. The molecular formula is C14H26N4. The highest BCUT2D eigenvalue weighted by Gasteiger charge is 2.24. The van der Waals surface area contributed by atoms with E-state index in [0.29, 0.717) is 6.04 Å². The van der Waals surface area contributed by atoms with E-state index in [1.54, 1.807) is 0 Å². The molecule has 4 heteroatoms. The zero-order valence-electron chi connectivity index (χ0n) is 12.3. The third-order valence-corrected chi connectivity index (χ3v) is 4.25. The Balaban J connectivity index is 2.04. The average molecular weight is 250 g/mol. The lowest BCUT2D eigenvalue weighted by atomic mass is 9.91. The Morgan fingerprint density at radius 2 is 2.06 bits per heavy atom. The molecule has 0 bridgehead atoms. The molecular weight excluding hydrogens is 224 g/mol. The smallest absolute Gasteiger partial charge is 0.0827 e. The molecule has 1 aliphatic rings. The third-order valence-electron chi connectivity index (χ3n) is 4.25. The van der Waals surface area contributed by atoms with Gasteiger partial charge in [0.1, 0.15) is 0 Å². The summed E-state index contributed by atoms with van der Waals surface area (Å²) in [5, 5.41) is 8.15. The largest absolute Gasteiger partial charge is 0.379 e. The molecule has 4 nitrogen and oxygen atoms in total. The fourth-order valence-electron chi connectivity index (χ4n) is 2.94.